The summed E-state index contributed by atoms with van der Waals surface area (Å²) in [7, 11) is 0. The van der Waals surface area contributed by atoms with Crippen LogP contribution < -0.4 is 0 Å². The Labute approximate surface area is 107 Å². The number of rotatable bonds is 2. The summed E-state index contributed by atoms with van der Waals surface area (Å²) in [5, 5.41) is 9.11. The monoisotopic (exact) mass is 266 g/mol. The Hall–Kier alpha value is -2.01. The lowest BCUT2D eigenvalue weighted by atomic mass is 10.0. The number of carboxylic acids is 1. The SMILES string of the molecule is Cc1nc(Cl)nc(-c2ccc(F)cc2)c1C(=O)O. The average molecular weight is 267 g/mol. The van der Waals surface area contributed by atoms with Crippen molar-refractivity contribution in [2.24, 2.45) is 0 Å². The van der Waals surface area contributed by atoms with E-state index in [0.29, 0.717) is 5.56 Å². The Bertz CT molecular complexity index is 614. The number of halogens is 2. The zero-order chi connectivity index (χ0) is 13.3. The maximum absolute atomic E-state index is 12.8. The van der Waals surface area contributed by atoms with Gasteiger partial charge in [0.05, 0.1) is 11.4 Å². The number of aromatic carboxylic acids is 1. The van der Waals surface area contributed by atoms with Gasteiger partial charge in [-0.25, -0.2) is 19.2 Å². The first kappa shape index (κ1) is 12.4. The van der Waals surface area contributed by atoms with Crippen molar-refractivity contribution in [2.75, 3.05) is 0 Å². The average Bonchev–Trinajstić information content (AvgIpc) is 2.28. The van der Waals surface area contributed by atoms with E-state index in [1.165, 1.54) is 31.2 Å². The smallest absolute Gasteiger partial charge is 0.339 e. The highest BCUT2D eigenvalue weighted by Gasteiger charge is 2.18. The molecule has 0 radical (unpaired) electrons. The molecule has 92 valence electrons. The Morgan fingerprint density at radius 3 is 2.44 bits per heavy atom. The predicted octanol–water partition coefficient (Wildman–Crippen LogP) is 2.94. The molecule has 0 spiro atoms. The molecule has 0 bridgehead atoms. The fourth-order valence-corrected chi connectivity index (χ4v) is 1.82. The Kier molecular flexibility index (Phi) is 3.25. The minimum atomic E-state index is -1.15. The predicted molar refractivity (Wildman–Crippen MR) is 64.1 cm³/mol. The second kappa shape index (κ2) is 4.70. The Morgan fingerprint density at radius 2 is 1.89 bits per heavy atom. The van der Waals surface area contributed by atoms with Crippen LogP contribution in [0, 0.1) is 12.7 Å². The van der Waals surface area contributed by atoms with E-state index in [2.05, 4.69) is 9.97 Å². The zero-order valence-electron chi connectivity index (χ0n) is 9.32. The lowest BCUT2D eigenvalue weighted by Gasteiger charge is -2.08. The van der Waals surface area contributed by atoms with Crippen molar-refractivity contribution in [3.8, 4) is 11.3 Å². The highest BCUT2D eigenvalue weighted by molar-refractivity contribution is 6.28. The van der Waals surface area contributed by atoms with Crippen LogP contribution in [-0.4, -0.2) is 21.0 Å². The van der Waals surface area contributed by atoms with Crippen molar-refractivity contribution < 1.29 is 14.3 Å². The summed E-state index contributed by atoms with van der Waals surface area (Å²) in [6, 6.07) is 5.35. The summed E-state index contributed by atoms with van der Waals surface area (Å²) in [5.41, 5.74) is 0.883. The fourth-order valence-electron chi connectivity index (χ4n) is 1.61. The lowest BCUT2D eigenvalue weighted by Crippen LogP contribution is -2.07. The maximum atomic E-state index is 12.8. The molecule has 0 saturated carbocycles. The largest absolute Gasteiger partial charge is 0.478 e. The van der Waals surface area contributed by atoms with E-state index < -0.39 is 11.8 Å². The molecule has 2 aromatic rings. The van der Waals surface area contributed by atoms with Crippen molar-refractivity contribution in [2.45, 2.75) is 6.92 Å². The summed E-state index contributed by atoms with van der Waals surface area (Å²) < 4.78 is 12.8. The molecule has 0 aliphatic rings. The first-order valence-electron chi connectivity index (χ1n) is 5.02. The van der Waals surface area contributed by atoms with Gasteiger partial charge in [0.2, 0.25) is 5.28 Å². The maximum Gasteiger partial charge on any atom is 0.339 e. The molecule has 0 aliphatic carbocycles. The van der Waals surface area contributed by atoms with E-state index in [-0.39, 0.29) is 22.2 Å². The Balaban J connectivity index is 2.69. The molecule has 0 unspecified atom stereocenters. The summed E-state index contributed by atoms with van der Waals surface area (Å²) >= 11 is 5.72. The van der Waals surface area contributed by atoms with Crippen LogP contribution in [0.5, 0.6) is 0 Å². The van der Waals surface area contributed by atoms with E-state index in [4.69, 9.17) is 16.7 Å². The van der Waals surface area contributed by atoms with Crippen LogP contribution >= 0.6 is 11.6 Å². The fraction of sp³-hybridized carbons (Fsp3) is 0.0833. The van der Waals surface area contributed by atoms with Crippen LogP contribution in [0.1, 0.15) is 16.1 Å². The van der Waals surface area contributed by atoms with Gasteiger partial charge in [0.1, 0.15) is 11.4 Å². The Morgan fingerprint density at radius 1 is 1.28 bits per heavy atom. The summed E-state index contributed by atoms with van der Waals surface area (Å²) in [6.07, 6.45) is 0. The van der Waals surface area contributed by atoms with Crippen LogP contribution in [0.3, 0.4) is 0 Å². The molecule has 0 saturated heterocycles. The summed E-state index contributed by atoms with van der Waals surface area (Å²) in [6.45, 7) is 1.53. The second-order valence-electron chi connectivity index (χ2n) is 3.61. The molecule has 6 heteroatoms. The topological polar surface area (TPSA) is 63.1 Å². The lowest BCUT2D eigenvalue weighted by molar-refractivity contribution is 0.0696. The number of carbonyl (C=O) groups is 1. The third-order valence-electron chi connectivity index (χ3n) is 2.39. The van der Waals surface area contributed by atoms with Crippen molar-refractivity contribution in [3.63, 3.8) is 0 Å². The number of nitrogens with zero attached hydrogens (tertiary/aromatic N) is 2. The van der Waals surface area contributed by atoms with E-state index in [1.807, 2.05) is 0 Å². The molecule has 1 aromatic carbocycles. The van der Waals surface area contributed by atoms with Gasteiger partial charge in [0.25, 0.3) is 0 Å². The van der Waals surface area contributed by atoms with E-state index in [0.717, 1.165) is 0 Å². The van der Waals surface area contributed by atoms with Crippen LogP contribution in [-0.2, 0) is 0 Å². The minimum Gasteiger partial charge on any atom is -0.478 e. The van der Waals surface area contributed by atoms with Crippen LogP contribution in [0.2, 0.25) is 5.28 Å². The molecule has 0 atom stereocenters. The zero-order valence-corrected chi connectivity index (χ0v) is 10.1. The molecule has 18 heavy (non-hydrogen) atoms. The highest BCUT2D eigenvalue weighted by atomic mass is 35.5. The summed E-state index contributed by atoms with van der Waals surface area (Å²) in [5.74, 6) is -1.56. The molecule has 4 nitrogen and oxygen atoms in total. The third-order valence-corrected chi connectivity index (χ3v) is 2.56. The first-order valence-corrected chi connectivity index (χ1v) is 5.40. The van der Waals surface area contributed by atoms with Crippen molar-refractivity contribution in [3.05, 3.63) is 46.6 Å². The first-order chi connectivity index (χ1) is 8.49. The number of hydrogen-bond acceptors (Lipinski definition) is 3. The standard InChI is InChI=1S/C12H8ClFN2O2/c1-6-9(11(17)18)10(16-12(13)15-6)7-2-4-8(14)5-3-7/h2-5H,1H3,(H,17,18). The molecule has 0 aliphatic heterocycles. The van der Waals surface area contributed by atoms with Gasteiger partial charge >= 0.3 is 5.97 Å². The number of hydrogen-bond donors (Lipinski definition) is 1. The molecule has 0 amide bonds. The van der Waals surface area contributed by atoms with Crippen molar-refractivity contribution in [1.29, 1.82) is 0 Å². The quantitative estimate of drug-likeness (QED) is 0.849. The molecule has 1 heterocycles. The van der Waals surface area contributed by atoms with Gasteiger partial charge < -0.3 is 5.11 Å². The number of carboxylic acid groups (broad SMARTS) is 1. The molecular weight excluding hydrogens is 259 g/mol. The minimum absolute atomic E-state index is 0.0361. The van der Waals surface area contributed by atoms with E-state index in [9.17, 15) is 9.18 Å². The van der Waals surface area contributed by atoms with Gasteiger partial charge in [0.15, 0.2) is 0 Å². The van der Waals surface area contributed by atoms with Gasteiger partial charge in [-0.2, -0.15) is 0 Å². The third kappa shape index (κ3) is 2.31. The van der Waals surface area contributed by atoms with Gasteiger partial charge in [-0.15, -0.1) is 0 Å². The van der Waals surface area contributed by atoms with Crippen LogP contribution in [0.15, 0.2) is 24.3 Å². The summed E-state index contributed by atoms with van der Waals surface area (Å²) in [4.78, 5) is 18.9. The van der Waals surface area contributed by atoms with E-state index >= 15 is 0 Å². The molecule has 1 aromatic heterocycles. The molecule has 0 fully saturated rings. The van der Waals surface area contributed by atoms with Gasteiger partial charge in [-0.1, -0.05) is 0 Å². The number of benzene rings is 1. The van der Waals surface area contributed by atoms with Crippen molar-refractivity contribution >= 4 is 17.6 Å². The number of aryl methyl sites for hydroxylation is 1. The van der Waals surface area contributed by atoms with Crippen molar-refractivity contribution in [1.82, 2.24) is 9.97 Å². The van der Waals surface area contributed by atoms with E-state index in [1.54, 1.807) is 0 Å². The molecule has 1 N–H and O–H groups in total. The molecular formula is C12H8ClFN2O2. The van der Waals surface area contributed by atoms with Crippen LogP contribution in [0.25, 0.3) is 11.3 Å². The second-order valence-corrected chi connectivity index (χ2v) is 3.95. The number of aromatic nitrogens is 2. The van der Waals surface area contributed by atoms with Crippen LogP contribution in [0.4, 0.5) is 4.39 Å². The molecule has 2 rings (SSSR count). The van der Waals surface area contributed by atoms with Gasteiger partial charge in [-0.05, 0) is 42.8 Å². The normalized spacial score (nSPS) is 10.4. The van der Waals surface area contributed by atoms with Gasteiger partial charge in [-0.3, -0.25) is 0 Å². The van der Waals surface area contributed by atoms with Gasteiger partial charge in [0, 0.05) is 5.56 Å². The highest BCUT2D eigenvalue weighted by Crippen LogP contribution is 2.25.